The van der Waals surface area contributed by atoms with Crippen molar-refractivity contribution < 1.29 is 28.2 Å². The van der Waals surface area contributed by atoms with Gasteiger partial charge in [-0.05, 0) is 36.4 Å². The maximum atomic E-state index is 12.5. The van der Waals surface area contributed by atoms with E-state index in [1.165, 1.54) is 13.2 Å². The predicted octanol–water partition coefficient (Wildman–Crippen LogP) is 3.60. The normalized spacial score (nSPS) is 14.1. The number of esters is 1. The molecule has 0 N–H and O–H groups in total. The molecule has 4 rings (SSSR count). The molecule has 3 aromatic rings. The number of aryl methyl sites for hydroxylation is 1. The van der Waals surface area contributed by atoms with E-state index in [1.807, 2.05) is 29.9 Å². The molecule has 1 aliphatic rings. The van der Waals surface area contributed by atoms with E-state index in [0.717, 1.165) is 5.69 Å². The molecule has 7 nitrogen and oxygen atoms in total. The molecule has 28 heavy (non-hydrogen) atoms. The number of hydrogen-bond acceptors (Lipinski definition) is 6. The van der Waals surface area contributed by atoms with E-state index >= 15 is 0 Å². The predicted molar refractivity (Wildman–Crippen MR) is 99.2 cm³/mol. The highest BCUT2D eigenvalue weighted by Gasteiger charge is 2.28. The summed E-state index contributed by atoms with van der Waals surface area (Å²) in [5, 5.41) is 0. The lowest BCUT2D eigenvalue weighted by atomic mass is 10.1. The van der Waals surface area contributed by atoms with Gasteiger partial charge in [0.05, 0.1) is 12.7 Å². The summed E-state index contributed by atoms with van der Waals surface area (Å²) in [5.41, 5.74) is 1.35. The monoisotopic (exact) mass is 379 g/mol. The van der Waals surface area contributed by atoms with Crippen molar-refractivity contribution in [1.29, 1.82) is 0 Å². The number of Topliss-reactive ketones (excluding diaryl/α,β-unsaturated/α-hetero) is 1. The Balaban J connectivity index is 1.47. The summed E-state index contributed by atoms with van der Waals surface area (Å²) in [6, 6.07) is 12.0. The molecule has 0 fully saturated rings. The first-order chi connectivity index (χ1) is 13.5. The van der Waals surface area contributed by atoms with E-state index in [2.05, 4.69) is 4.74 Å². The second-order valence-corrected chi connectivity index (χ2v) is 6.19. The van der Waals surface area contributed by atoms with Crippen LogP contribution in [0.1, 0.15) is 32.4 Å². The molecule has 0 bridgehead atoms. The summed E-state index contributed by atoms with van der Waals surface area (Å²) in [6.45, 7) is 0.121. The molecule has 1 aromatic carbocycles. The van der Waals surface area contributed by atoms with Crippen LogP contribution >= 0.6 is 0 Å². The van der Waals surface area contributed by atoms with Crippen LogP contribution in [-0.4, -0.2) is 23.4 Å². The van der Waals surface area contributed by atoms with E-state index < -0.39 is 5.97 Å². The highest BCUT2D eigenvalue weighted by molar-refractivity contribution is 6.14. The maximum absolute atomic E-state index is 12.5. The second kappa shape index (κ2) is 7.11. The number of ether oxygens (including phenoxy) is 3. The van der Waals surface area contributed by atoms with Crippen LogP contribution in [0.25, 0.3) is 6.08 Å². The SMILES string of the molecule is COC(=O)c1ccc(COc2ccc3c(c2)OC(=Cc2cccn2C)C3=O)o1. The molecule has 2 aromatic heterocycles. The molecule has 0 unspecified atom stereocenters. The van der Waals surface area contributed by atoms with Crippen molar-refractivity contribution in [3.63, 3.8) is 0 Å². The van der Waals surface area contributed by atoms with Gasteiger partial charge in [0.25, 0.3) is 0 Å². The van der Waals surface area contributed by atoms with Crippen LogP contribution in [0.2, 0.25) is 0 Å². The van der Waals surface area contributed by atoms with Crippen LogP contribution in [0.3, 0.4) is 0 Å². The molecular formula is C21H17NO6. The molecule has 7 heteroatoms. The fourth-order valence-electron chi connectivity index (χ4n) is 2.84. The topological polar surface area (TPSA) is 79.9 Å². The van der Waals surface area contributed by atoms with E-state index in [-0.39, 0.29) is 23.9 Å². The van der Waals surface area contributed by atoms with E-state index in [9.17, 15) is 9.59 Å². The molecule has 0 saturated heterocycles. The lowest BCUT2D eigenvalue weighted by Crippen LogP contribution is -1.99. The Kier molecular flexibility index (Phi) is 4.49. The zero-order chi connectivity index (χ0) is 19.7. The Hall–Kier alpha value is -3.74. The zero-order valence-electron chi connectivity index (χ0n) is 15.3. The summed E-state index contributed by atoms with van der Waals surface area (Å²) in [6.07, 6.45) is 3.60. The molecule has 0 saturated carbocycles. The first-order valence-electron chi connectivity index (χ1n) is 8.54. The number of allylic oxidation sites excluding steroid dienone is 1. The maximum Gasteiger partial charge on any atom is 0.373 e. The standard InChI is InChI=1S/C21H17NO6/c1-22-9-3-4-13(22)10-19-20(23)16-7-5-14(11-18(16)28-19)26-12-15-6-8-17(27-15)21(24)25-2/h3-11H,12H2,1-2H3. The van der Waals surface area contributed by atoms with Crippen LogP contribution in [0.5, 0.6) is 11.5 Å². The number of aromatic nitrogens is 1. The smallest absolute Gasteiger partial charge is 0.373 e. The van der Waals surface area contributed by atoms with Gasteiger partial charge in [0.1, 0.15) is 23.9 Å². The number of rotatable bonds is 5. The number of hydrogen-bond donors (Lipinski definition) is 0. The zero-order valence-corrected chi connectivity index (χ0v) is 15.3. The van der Waals surface area contributed by atoms with E-state index in [4.69, 9.17) is 13.9 Å². The number of carbonyl (C=O) groups excluding carboxylic acids is 2. The largest absolute Gasteiger partial charge is 0.486 e. The number of nitrogens with zero attached hydrogens (tertiary/aromatic N) is 1. The van der Waals surface area contributed by atoms with Crippen LogP contribution in [0.4, 0.5) is 0 Å². The van der Waals surface area contributed by atoms with Crippen molar-refractivity contribution >= 4 is 17.8 Å². The Morgan fingerprint density at radius 2 is 2.07 bits per heavy atom. The molecule has 3 heterocycles. The van der Waals surface area contributed by atoms with E-state index in [0.29, 0.717) is 22.8 Å². The first kappa shape index (κ1) is 17.7. The molecular weight excluding hydrogens is 362 g/mol. The Labute approximate surface area is 160 Å². The number of benzene rings is 1. The summed E-state index contributed by atoms with van der Waals surface area (Å²) < 4.78 is 23.3. The third-order valence-electron chi connectivity index (χ3n) is 4.33. The van der Waals surface area contributed by atoms with Gasteiger partial charge in [0, 0.05) is 31.1 Å². The van der Waals surface area contributed by atoms with Gasteiger partial charge in [-0.1, -0.05) is 0 Å². The number of carbonyl (C=O) groups is 2. The fourth-order valence-corrected chi connectivity index (χ4v) is 2.84. The van der Waals surface area contributed by atoms with Gasteiger partial charge in [0.2, 0.25) is 11.5 Å². The summed E-state index contributed by atoms with van der Waals surface area (Å²) in [4.78, 5) is 23.9. The highest BCUT2D eigenvalue weighted by Crippen LogP contribution is 2.35. The number of methoxy groups -OCH3 is 1. The third kappa shape index (κ3) is 3.29. The Morgan fingerprint density at radius 1 is 1.21 bits per heavy atom. The summed E-state index contributed by atoms with van der Waals surface area (Å²) >= 11 is 0. The van der Waals surface area contributed by atoms with Gasteiger partial charge < -0.3 is 23.2 Å². The van der Waals surface area contributed by atoms with Crippen molar-refractivity contribution in [3.05, 3.63) is 77.2 Å². The Morgan fingerprint density at radius 3 is 2.82 bits per heavy atom. The molecule has 0 aliphatic carbocycles. The van der Waals surface area contributed by atoms with Crippen LogP contribution in [-0.2, 0) is 18.4 Å². The third-order valence-corrected chi connectivity index (χ3v) is 4.33. The second-order valence-electron chi connectivity index (χ2n) is 6.19. The quantitative estimate of drug-likeness (QED) is 0.498. The fraction of sp³-hybridized carbons (Fsp3) is 0.143. The lowest BCUT2D eigenvalue weighted by Gasteiger charge is -2.05. The van der Waals surface area contributed by atoms with Crippen molar-refractivity contribution in [3.8, 4) is 11.5 Å². The van der Waals surface area contributed by atoms with Crippen molar-refractivity contribution in [2.45, 2.75) is 6.61 Å². The molecule has 142 valence electrons. The minimum Gasteiger partial charge on any atom is -0.486 e. The molecule has 0 atom stereocenters. The van der Waals surface area contributed by atoms with Gasteiger partial charge >= 0.3 is 5.97 Å². The van der Waals surface area contributed by atoms with Crippen LogP contribution in [0.15, 0.2) is 58.8 Å². The van der Waals surface area contributed by atoms with E-state index in [1.54, 1.807) is 30.3 Å². The molecule has 0 amide bonds. The minimum absolute atomic E-state index is 0.111. The van der Waals surface area contributed by atoms with Gasteiger partial charge in [-0.2, -0.15) is 0 Å². The number of fused-ring (bicyclic) bond motifs is 1. The average Bonchev–Trinajstić information content (AvgIpc) is 3.40. The number of ketones is 1. The highest BCUT2D eigenvalue weighted by atomic mass is 16.5. The van der Waals surface area contributed by atoms with Crippen LogP contribution < -0.4 is 9.47 Å². The first-order valence-corrected chi connectivity index (χ1v) is 8.54. The van der Waals surface area contributed by atoms with Crippen molar-refractivity contribution in [1.82, 2.24) is 4.57 Å². The lowest BCUT2D eigenvalue weighted by molar-refractivity contribution is 0.0561. The minimum atomic E-state index is -0.548. The average molecular weight is 379 g/mol. The summed E-state index contributed by atoms with van der Waals surface area (Å²) in [7, 11) is 3.18. The number of furan rings is 1. The van der Waals surface area contributed by atoms with Crippen LogP contribution in [0, 0.1) is 0 Å². The van der Waals surface area contributed by atoms with Gasteiger partial charge in [-0.3, -0.25) is 4.79 Å². The molecule has 1 aliphatic heterocycles. The molecule has 0 spiro atoms. The van der Waals surface area contributed by atoms with Gasteiger partial charge in [-0.15, -0.1) is 0 Å². The summed E-state index contributed by atoms with van der Waals surface area (Å²) in [5.74, 6) is 1.09. The Bertz CT molecular complexity index is 1090. The van der Waals surface area contributed by atoms with Crippen molar-refractivity contribution in [2.24, 2.45) is 7.05 Å². The molecule has 0 radical (unpaired) electrons. The van der Waals surface area contributed by atoms with Gasteiger partial charge in [0.15, 0.2) is 5.76 Å². The van der Waals surface area contributed by atoms with Crippen molar-refractivity contribution in [2.75, 3.05) is 7.11 Å². The van der Waals surface area contributed by atoms with Gasteiger partial charge in [-0.25, -0.2) is 4.79 Å².